The number of hydrogen-bond acceptors (Lipinski definition) is 2. The SMILES string of the molecule is CC1(C)CCN(CCC(Oc2cccc(I)c2)c2ccc(F)cc2I)CC1. The van der Waals surface area contributed by atoms with Crippen molar-refractivity contribution in [2.75, 3.05) is 19.6 Å². The van der Waals surface area contributed by atoms with Crippen LogP contribution in [-0.2, 0) is 0 Å². The minimum Gasteiger partial charge on any atom is -0.486 e. The smallest absolute Gasteiger partial charge is 0.126 e. The van der Waals surface area contributed by atoms with Crippen LogP contribution >= 0.6 is 45.2 Å². The van der Waals surface area contributed by atoms with E-state index in [1.54, 1.807) is 6.07 Å². The first-order chi connectivity index (χ1) is 12.8. The van der Waals surface area contributed by atoms with Crippen LogP contribution in [0.4, 0.5) is 4.39 Å². The highest BCUT2D eigenvalue weighted by atomic mass is 127. The summed E-state index contributed by atoms with van der Waals surface area (Å²) in [5.74, 6) is 0.668. The van der Waals surface area contributed by atoms with Gasteiger partial charge in [-0.3, -0.25) is 0 Å². The van der Waals surface area contributed by atoms with Gasteiger partial charge < -0.3 is 9.64 Å². The molecule has 2 nitrogen and oxygen atoms in total. The van der Waals surface area contributed by atoms with Gasteiger partial charge in [0, 0.05) is 25.7 Å². The lowest BCUT2D eigenvalue weighted by molar-refractivity contribution is 0.109. The molecule has 3 rings (SSSR count). The van der Waals surface area contributed by atoms with Gasteiger partial charge in [-0.25, -0.2) is 4.39 Å². The molecule has 2 aromatic rings. The van der Waals surface area contributed by atoms with Crippen LogP contribution in [0.2, 0.25) is 0 Å². The highest BCUT2D eigenvalue weighted by molar-refractivity contribution is 14.1. The molecule has 1 saturated heterocycles. The molecule has 1 fully saturated rings. The summed E-state index contributed by atoms with van der Waals surface area (Å²) in [4.78, 5) is 2.53. The second kappa shape index (κ2) is 9.39. The Morgan fingerprint density at radius 3 is 2.52 bits per heavy atom. The first-order valence-electron chi connectivity index (χ1n) is 9.42. The van der Waals surface area contributed by atoms with E-state index in [-0.39, 0.29) is 11.9 Å². The summed E-state index contributed by atoms with van der Waals surface area (Å²) in [7, 11) is 0. The number of rotatable bonds is 6. The summed E-state index contributed by atoms with van der Waals surface area (Å²) in [6.45, 7) is 7.99. The minimum atomic E-state index is -0.200. The zero-order valence-electron chi connectivity index (χ0n) is 15.9. The number of halogens is 3. The minimum absolute atomic E-state index is 0.0781. The Morgan fingerprint density at radius 2 is 1.85 bits per heavy atom. The molecule has 1 heterocycles. The molecule has 1 aliphatic heterocycles. The van der Waals surface area contributed by atoms with Crippen LogP contribution in [0, 0.1) is 18.4 Å². The highest BCUT2D eigenvalue weighted by Gasteiger charge is 2.26. The van der Waals surface area contributed by atoms with Crippen LogP contribution < -0.4 is 4.74 Å². The first kappa shape index (κ1) is 21.3. The normalized spacial score (nSPS) is 18.3. The average molecular weight is 593 g/mol. The quantitative estimate of drug-likeness (QED) is 0.348. The maximum atomic E-state index is 13.6. The molecule has 5 heteroatoms. The van der Waals surface area contributed by atoms with Gasteiger partial charge in [-0.05, 0) is 107 Å². The maximum absolute atomic E-state index is 13.6. The summed E-state index contributed by atoms with van der Waals surface area (Å²) in [6.07, 6.45) is 3.30. The molecule has 0 N–H and O–H groups in total. The van der Waals surface area contributed by atoms with E-state index in [0.717, 1.165) is 44.5 Å². The van der Waals surface area contributed by atoms with Crippen LogP contribution in [0.1, 0.15) is 44.8 Å². The average Bonchev–Trinajstić information content (AvgIpc) is 2.60. The molecule has 0 radical (unpaired) electrons. The number of likely N-dealkylation sites (tertiary alicyclic amines) is 1. The van der Waals surface area contributed by atoms with Gasteiger partial charge in [-0.15, -0.1) is 0 Å². The molecule has 0 aromatic heterocycles. The summed E-state index contributed by atoms with van der Waals surface area (Å²) in [5.41, 5.74) is 1.52. The van der Waals surface area contributed by atoms with Gasteiger partial charge in [-0.1, -0.05) is 26.0 Å². The molecular weight excluding hydrogens is 567 g/mol. The molecule has 1 unspecified atom stereocenters. The van der Waals surface area contributed by atoms with Crippen LogP contribution in [0.3, 0.4) is 0 Å². The van der Waals surface area contributed by atoms with Crippen molar-refractivity contribution >= 4 is 45.2 Å². The van der Waals surface area contributed by atoms with E-state index in [1.807, 2.05) is 24.3 Å². The molecule has 146 valence electrons. The fourth-order valence-electron chi connectivity index (χ4n) is 3.43. The summed E-state index contributed by atoms with van der Waals surface area (Å²) >= 11 is 4.51. The monoisotopic (exact) mass is 593 g/mol. The molecular formula is C22H26FI2NO. The van der Waals surface area contributed by atoms with Crippen molar-refractivity contribution in [1.29, 1.82) is 0 Å². The van der Waals surface area contributed by atoms with Gasteiger partial charge in [0.15, 0.2) is 0 Å². The van der Waals surface area contributed by atoms with E-state index in [2.05, 4.69) is 70.0 Å². The largest absolute Gasteiger partial charge is 0.486 e. The number of piperidine rings is 1. The van der Waals surface area contributed by atoms with E-state index in [9.17, 15) is 4.39 Å². The molecule has 2 aromatic carbocycles. The lowest BCUT2D eigenvalue weighted by atomic mass is 9.82. The van der Waals surface area contributed by atoms with Crippen molar-refractivity contribution in [3.63, 3.8) is 0 Å². The van der Waals surface area contributed by atoms with Crippen molar-refractivity contribution in [3.8, 4) is 5.75 Å². The highest BCUT2D eigenvalue weighted by Crippen LogP contribution is 2.32. The van der Waals surface area contributed by atoms with Crippen molar-refractivity contribution < 1.29 is 9.13 Å². The predicted molar refractivity (Wildman–Crippen MR) is 126 cm³/mol. The Bertz CT molecular complexity index is 771. The zero-order valence-corrected chi connectivity index (χ0v) is 20.2. The second-order valence-electron chi connectivity index (χ2n) is 8.02. The topological polar surface area (TPSA) is 12.5 Å². The lowest BCUT2D eigenvalue weighted by Gasteiger charge is -2.37. The fourth-order valence-corrected chi connectivity index (χ4v) is 4.77. The summed E-state index contributed by atoms with van der Waals surface area (Å²) in [5, 5.41) is 0. The Labute approximate surface area is 189 Å². The van der Waals surface area contributed by atoms with Gasteiger partial charge in [-0.2, -0.15) is 0 Å². The standard InChI is InChI=1S/C22H26FI2NO/c1-22(2)9-12-26(13-10-22)11-8-21(19-7-6-16(23)14-20(19)25)27-18-5-3-4-17(24)15-18/h3-7,14-15,21H,8-13H2,1-2H3. The molecule has 0 aliphatic carbocycles. The Balaban J connectivity index is 1.73. The third kappa shape index (κ3) is 6.29. The third-order valence-corrected chi connectivity index (χ3v) is 6.91. The zero-order chi connectivity index (χ0) is 19.4. The Hall–Kier alpha value is -0.410. The number of hydrogen-bond donors (Lipinski definition) is 0. The lowest BCUT2D eigenvalue weighted by Crippen LogP contribution is -2.38. The van der Waals surface area contributed by atoms with Gasteiger partial charge >= 0.3 is 0 Å². The van der Waals surface area contributed by atoms with Crippen LogP contribution in [-0.4, -0.2) is 24.5 Å². The predicted octanol–water partition coefficient (Wildman–Crippen LogP) is 6.67. The molecule has 0 bridgehead atoms. The molecule has 0 amide bonds. The third-order valence-electron chi connectivity index (χ3n) is 5.30. The van der Waals surface area contributed by atoms with Crippen LogP contribution in [0.25, 0.3) is 0 Å². The number of nitrogens with zero attached hydrogens (tertiary/aromatic N) is 1. The molecule has 1 atom stereocenters. The van der Waals surface area contributed by atoms with Gasteiger partial charge in [0.25, 0.3) is 0 Å². The van der Waals surface area contributed by atoms with Crippen molar-refractivity contribution in [2.24, 2.45) is 5.41 Å². The summed E-state index contributed by atoms with van der Waals surface area (Å²) < 4.78 is 22.0. The number of ether oxygens (including phenoxy) is 1. The number of benzene rings is 2. The van der Waals surface area contributed by atoms with Crippen LogP contribution in [0.5, 0.6) is 5.75 Å². The van der Waals surface area contributed by atoms with E-state index in [1.165, 1.54) is 18.9 Å². The molecule has 0 saturated carbocycles. The van der Waals surface area contributed by atoms with Crippen molar-refractivity contribution in [2.45, 2.75) is 39.2 Å². The second-order valence-corrected chi connectivity index (χ2v) is 10.4. The Kier molecular flexibility index (Phi) is 7.41. The summed E-state index contributed by atoms with van der Waals surface area (Å²) in [6, 6.07) is 13.1. The van der Waals surface area contributed by atoms with E-state index >= 15 is 0 Å². The molecule has 27 heavy (non-hydrogen) atoms. The Morgan fingerprint density at radius 1 is 1.11 bits per heavy atom. The van der Waals surface area contributed by atoms with E-state index in [0.29, 0.717) is 5.41 Å². The fraction of sp³-hybridized carbons (Fsp3) is 0.455. The molecule has 1 aliphatic rings. The van der Waals surface area contributed by atoms with E-state index < -0.39 is 0 Å². The maximum Gasteiger partial charge on any atom is 0.126 e. The first-order valence-corrected chi connectivity index (χ1v) is 11.6. The van der Waals surface area contributed by atoms with Gasteiger partial charge in [0.05, 0.1) is 0 Å². The van der Waals surface area contributed by atoms with Gasteiger partial charge in [0.1, 0.15) is 17.7 Å². The van der Waals surface area contributed by atoms with Crippen molar-refractivity contribution in [3.05, 3.63) is 61.0 Å². The van der Waals surface area contributed by atoms with Crippen LogP contribution in [0.15, 0.2) is 42.5 Å². The van der Waals surface area contributed by atoms with Gasteiger partial charge in [0.2, 0.25) is 0 Å². The van der Waals surface area contributed by atoms with E-state index in [4.69, 9.17) is 4.74 Å². The van der Waals surface area contributed by atoms with Crippen molar-refractivity contribution in [1.82, 2.24) is 4.90 Å². The molecule has 0 spiro atoms.